The lowest BCUT2D eigenvalue weighted by atomic mass is 9.95. The standard InChI is InChI=1S/C24H25N5O3.C2H6/c30-20(31)12-25-24(32)21-22-18(28(14-26-22)13-16-7-3-1-4-8-16)11-19-23(21)27-15-29(19)17-9-5-2-6-10-17;1-2/h1,3-4,7-8,11,14-15,17H,2,5-6,9-10,12-13H2,(H,25,32)(H,30,31);1-2H3. The number of benzene rings is 2. The summed E-state index contributed by atoms with van der Waals surface area (Å²) in [4.78, 5) is 33.2. The molecule has 2 aromatic heterocycles. The van der Waals surface area contributed by atoms with Gasteiger partial charge in [0.05, 0.1) is 29.3 Å². The summed E-state index contributed by atoms with van der Waals surface area (Å²) < 4.78 is 4.21. The van der Waals surface area contributed by atoms with Gasteiger partial charge in [-0.2, -0.15) is 0 Å². The van der Waals surface area contributed by atoms with Crippen LogP contribution in [-0.2, 0) is 11.3 Å². The molecule has 0 radical (unpaired) electrons. The minimum absolute atomic E-state index is 0.333. The van der Waals surface area contributed by atoms with E-state index in [0.717, 1.165) is 29.4 Å². The van der Waals surface area contributed by atoms with Crippen LogP contribution in [0.15, 0.2) is 49.1 Å². The van der Waals surface area contributed by atoms with Gasteiger partial charge in [-0.25, -0.2) is 9.97 Å². The maximum atomic E-state index is 13.1. The Bertz CT molecular complexity index is 1290. The molecule has 178 valence electrons. The van der Waals surface area contributed by atoms with E-state index in [-0.39, 0.29) is 0 Å². The van der Waals surface area contributed by atoms with E-state index in [2.05, 4.69) is 38.1 Å². The molecule has 1 aliphatic rings. The first-order valence-corrected chi connectivity index (χ1v) is 12.0. The van der Waals surface area contributed by atoms with E-state index in [1.54, 1.807) is 6.33 Å². The van der Waals surface area contributed by atoms with Gasteiger partial charge in [-0.15, -0.1) is 0 Å². The quantitative estimate of drug-likeness (QED) is 0.430. The van der Waals surface area contributed by atoms with Crippen LogP contribution in [0.1, 0.15) is 67.9 Å². The minimum atomic E-state index is -1.09. The summed E-state index contributed by atoms with van der Waals surface area (Å²) in [6.45, 7) is 4.17. The Kier molecular flexibility index (Phi) is 7.25. The first-order valence-electron chi connectivity index (χ1n) is 12.0. The number of fused-ring (bicyclic) bond motifs is 2. The number of rotatable bonds is 6. The molecular formula is C26H31N5O3. The Morgan fingerprint density at radius 1 is 1.00 bits per heavy atom. The molecule has 0 atom stereocenters. The molecule has 8 nitrogen and oxygen atoms in total. The van der Waals surface area contributed by atoms with Crippen LogP contribution >= 0.6 is 0 Å². The van der Waals surface area contributed by atoms with Crippen molar-refractivity contribution in [2.24, 2.45) is 0 Å². The highest BCUT2D eigenvalue weighted by Gasteiger charge is 2.24. The van der Waals surface area contributed by atoms with E-state index < -0.39 is 18.4 Å². The molecule has 1 amide bonds. The number of amides is 1. The highest BCUT2D eigenvalue weighted by atomic mass is 16.4. The summed E-state index contributed by atoms with van der Waals surface area (Å²) in [6, 6.07) is 12.5. The number of carboxylic acid groups (broad SMARTS) is 1. The largest absolute Gasteiger partial charge is 0.480 e. The van der Waals surface area contributed by atoms with Crippen molar-refractivity contribution < 1.29 is 14.7 Å². The number of carbonyl (C=O) groups is 2. The van der Waals surface area contributed by atoms with Crippen molar-refractivity contribution in [1.29, 1.82) is 0 Å². The lowest BCUT2D eigenvalue weighted by molar-refractivity contribution is -0.135. The van der Waals surface area contributed by atoms with Crippen LogP contribution < -0.4 is 5.32 Å². The lowest BCUT2D eigenvalue weighted by Crippen LogP contribution is -2.29. The summed E-state index contributed by atoms with van der Waals surface area (Å²) in [7, 11) is 0. The molecule has 5 rings (SSSR count). The maximum Gasteiger partial charge on any atom is 0.322 e. The third kappa shape index (κ3) is 4.66. The second-order valence-electron chi connectivity index (χ2n) is 8.37. The lowest BCUT2D eigenvalue weighted by Gasteiger charge is -2.23. The van der Waals surface area contributed by atoms with Gasteiger partial charge in [0.25, 0.3) is 5.91 Å². The predicted octanol–water partition coefficient (Wildman–Crippen LogP) is 4.78. The Balaban J connectivity index is 0.00000133. The van der Waals surface area contributed by atoms with Crippen molar-refractivity contribution in [2.75, 3.05) is 6.54 Å². The zero-order valence-corrected chi connectivity index (χ0v) is 19.7. The van der Waals surface area contributed by atoms with Crippen LogP contribution in [0.5, 0.6) is 0 Å². The second-order valence-corrected chi connectivity index (χ2v) is 8.37. The van der Waals surface area contributed by atoms with Crippen LogP contribution in [0.25, 0.3) is 22.1 Å². The number of hydrogen-bond acceptors (Lipinski definition) is 4. The summed E-state index contributed by atoms with van der Waals surface area (Å²) in [6.07, 6.45) is 9.35. The highest BCUT2D eigenvalue weighted by molar-refractivity contribution is 6.15. The smallest absolute Gasteiger partial charge is 0.322 e. The van der Waals surface area contributed by atoms with Crippen LogP contribution in [0.3, 0.4) is 0 Å². The third-order valence-electron chi connectivity index (χ3n) is 6.25. The van der Waals surface area contributed by atoms with Crippen molar-refractivity contribution in [2.45, 2.75) is 58.5 Å². The number of nitrogens with zero attached hydrogens (tertiary/aromatic N) is 4. The Morgan fingerprint density at radius 2 is 1.68 bits per heavy atom. The number of nitrogens with one attached hydrogen (secondary N) is 1. The number of aromatic nitrogens is 4. The van der Waals surface area contributed by atoms with E-state index in [1.807, 2.05) is 42.9 Å². The molecule has 0 saturated heterocycles. The molecule has 1 saturated carbocycles. The summed E-state index contributed by atoms with van der Waals surface area (Å²) >= 11 is 0. The fraction of sp³-hybridized carbons (Fsp3) is 0.385. The van der Waals surface area contributed by atoms with E-state index in [0.29, 0.717) is 29.2 Å². The number of carbonyl (C=O) groups excluding carboxylic acids is 1. The van der Waals surface area contributed by atoms with Crippen LogP contribution in [0.4, 0.5) is 0 Å². The molecule has 2 N–H and O–H groups in total. The van der Waals surface area contributed by atoms with Crippen molar-refractivity contribution in [3.05, 3.63) is 60.2 Å². The molecule has 2 aromatic carbocycles. The van der Waals surface area contributed by atoms with Gasteiger partial charge in [0.2, 0.25) is 0 Å². The van der Waals surface area contributed by atoms with Gasteiger partial charge in [-0.1, -0.05) is 63.4 Å². The first kappa shape index (κ1) is 23.5. The van der Waals surface area contributed by atoms with Crippen LogP contribution in [0.2, 0.25) is 0 Å². The van der Waals surface area contributed by atoms with Crippen molar-refractivity contribution in [1.82, 2.24) is 24.4 Å². The maximum absolute atomic E-state index is 13.1. The molecule has 1 aliphatic carbocycles. The molecule has 4 aromatic rings. The average Bonchev–Trinajstić information content (AvgIpc) is 3.48. The molecule has 2 heterocycles. The number of hydrogen-bond donors (Lipinski definition) is 2. The van der Waals surface area contributed by atoms with Crippen molar-refractivity contribution in [3.63, 3.8) is 0 Å². The van der Waals surface area contributed by atoms with Gasteiger partial charge < -0.3 is 19.6 Å². The number of imidazole rings is 2. The van der Waals surface area contributed by atoms with Gasteiger partial charge in [0, 0.05) is 12.6 Å². The van der Waals surface area contributed by atoms with Crippen LogP contribution in [-0.4, -0.2) is 42.6 Å². The molecule has 0 bridgehead atoms. The second kappa shape index (κ2) is 10.5. The third-order valence-corrected chi connectivity index (χ3v) is 6.25. The first-order chi connectivity index (χ1) is 16.6. The highest BCUT2D eigenvalue weighted by Crippen LogP contribution is 2.34. The average molecular weight is 462 g/mol. The molecule has 1 fully saturated rings. The molecule has 0 spiro atoms. The van der Waals surface area contributed by atoms with Crippen molar-refractivity contribution >= 4 is 33.9 Å². The van der Waals surface area contributed by atoms with Gasteiger partial charge in [0.15, 0.2) is 0 Å². The SMILES string of the molecule is CC.O=C(O)CNC(=O)c1c2ncn(Cc3ccccc3)c2cc2c1ncn2C1CCCCC1. The minimum Gasteiger partial charge on any atom is -0.480 e. The zero-order chi connectivity index (χ0) is 24.1. The monoisotopic (exact) mass is 461 g/mol. The van der Waals surface area contributed by atoms with Crippen molar-refractivity contribution in [3.8, 4) is 0 Å². The van der Waals surface area contributed by atoms with E-state index >= 15 is 0 Å². The predicted molar refractivity (Wildman–Crippen MR) is 132 cm³/mol. The van der Waals surface area contributed by atoms with Gasteiger partial charge >= 0.3 is 5.97 Å². The topological polar surface area (TPSA) is 102 Å². The number of aliphatic carboxylic acids is 1. The van der Waals surface area contributed by atoms with Gasteiger partial charge in [0.1, 0.15) is 17.6 Å². The van der Waals surface area contributed by atoms with Gasteiger partial charge in [-0.05, 0) is 24.5 Å². The number of carboxylic acids is 1. The molecular weight excluding hydrogens is 430 g/mol. The Labute approximate surface area is 198 Å². The Hall–Kier alpha value is -3.68. The van der Waals surface area contributed by atoms with E-state index in [1.165, 1.54) is 19.3 Å². The summed E-state index contributed by atoms with van der Waals surface area (Å²) in [5, 5.41) is 11.5. The van der Waals surface area contributed by atoms with E-state index in [9.17, 15) is 9.59 Å². The summed E-state index contributed by atoms with van der Waals surface area (Å²) in [5.41, 5.74) is 4.28. The van der Waals surface area contributed by atoms with E-state index in [4.69, 9.17) is 5.11 Å². The Morgan fingerprint density at radius 3 is 2.38 bits per heavy atom. The molecule has 0 unspecified atom stereocenters. The molecule has 0 aliphatic heterocycles. The molecule has 34 heavy (non-hydrogen) atoms. The van der Waals surface area contributed by atoms with Crippen LogP contribution in [0, 0.1) is 0 Å². The zero-order valence-electron chi connectivity index (χ0n) is 19.7. The fourth-order valence-electron chi connectivity index (χ4n) is 4.70. The normalized spacial score (nSPS) is 14.1. The molecule has 8 heteroatoms. The van der Waals surface area contributed by atoms with Gasteiger partial charge in [-0.3, -0.25) is 9.59 Å². The fourth-order valence-corrected chi connectivity index (χ4v) is 4.70. The summed E-state index contributed by atoms with van der Waals surface area (Å²) in [5.74, 6) is -1.56.